The minimum atomic E-state index is -0.340. The largest absolute Gasteiger partial charge is 0.508 e. The lowest BCUT2D eigenvalue weighted by Crippen LogP contribution is -2.54. The highest BCUT2D eigenvalue weighted by atomic mass is 16.6. The first-order chi connectivity index (χ1) is 22.3. The number of carbonyl (C=O) groups is 1. The second kappa shape index (κ2) is 13.5. The van der Waals surface area contributed by atoms with Crippen LogP contribution in [0.25, 0.3) is 11.1 Å². The van der Waals surface area contributed by atoms with Crippen LogP contribution in [0.5, 0.6) is 17.2 Å². The van der Waals surface area contributed by atoms with Gasteiger partial charge in [0.25, 0.3) is 0 Å². The molecule has 2 aliphatic heterocycles. The van der Waals surface area contributed by atoms with Crippen LogP contribution in [-0.4, -0.2) is 46.1 Å². The van der Waals surface area contributed by atoms with Crippen molar-refractivity contribution in [3.63, 3.8) is 0 Å². The molecule has 0 spiro atoms. The van der Waals surface area contributed by atoms with Gasteiger partial charge < -0.3 is 19.9 Å². The lowest BCUT2D eigenvalue weighted by molar-refractivity contribution is -0.127. The Hall–Kier alpha value is -5.13. The average Bonchev–Trinajstić information content (AvgIpc) is 3.07. The number of ether oxygens (including phenoxy) is 2. The second-order valence-electron chi connectivity index (χ2n) is 12.0. The molecule has 3 heterocycles. The van der Waals surface area contributed by atoms with E-state index in [1.54, 1.807) is 24.4 Å². The summed E-state index contributed by atoms with van der Waals surface area (Å²) in [4.78, 5) is 20.2. The zero-order chi connectivity index (χ0) is 32.2. The Morgan fingerprint density at radius 2 is 1.83 bits per heavy atom. The van der Waals surface area contributed by atoms with Crippen LogP contribution >= 0.6 is 0 Å². The van der Waals surface area contributed by atoms with E-state index in [2.05, 4.69) is 46.9 Å². The first-order valence-corrected chi connectivity index (χ1v) is 15.7. The molecular weight excluding hydrogens is 576 g/mol. The van der Waals surface area contributed by atoms with Gasteiger partial charge in [-0.1, -0.05) is 55.5 Å². The van der Waals surface area contributed by atoms with Crippen molar-refractivity contribution >= 4 is 5.91 Å². The number of benzene rings is 3. The summed E-state index contributed by atoms with van der Waals surface area (Å²) in [7, 11) is 0. The lowest BCUT2D eigenvalue weighted by Gasteiger charge is -2.42. The van der Waals surface area contributed by atoms with E-state index < -0.39 is 0 Å². The highest BCUT2D eigenvalue weighted by molar-refractivity contribution is 5.82. The molecule has 8 heteroatoms. The van der Waals surface area contributed by atoms with E-state index in [1.165, 1.54) is 0 Å². The van der Waals surface area contributed by atoms with E-state index in [0.29, 0.717) is 49.7 Å². The monoisotopic (exact) mass is 614 g/mol. The molecule has 0 bridgehead atoms. The molecule has 0 fully saturated rings. The molecule has 3 aromatic carbocycles. The van der Waals surface area contributed by atoms with Crippen LogP contribution in [0.1, 0.15) is 54.3 Å². The van der Waals surface area contributed by atoms with Gasteiger partial charge in [-0.3, -0.25) is 9.69 Å². The fourth-order valence-electron chi connectivity index (χ4n) is 6.40. The maximum atomic E-state index is 13.8. The predicted octanol–water partition coefficient (Wildman–Crippen LogP) is 6.28. The molecule has 2 N–H and O–H groups in total. The van der Waals surface area contributed by atoms with E-state index >= 15 is 0 Å². The molecule has 8 nitrogen and oxygen atoms in total. The van der Waals surface area contributed by atoms with Gasteiger partial charge in [-0.25, -0.2) is 4.98 Å². The van der Waals surface area contributed by atoms with E-state index in [4.69, 9.17) is 14.7 Å². The van der Waals surface area contributed by atoms with Crippen LogP contribution in [0.2, 0.25) is 0 Å². The molecule has 4 aromatic rings. The van der Waals surface area contributed by atoms with Crippen LogP contribution in [0.3, 0.4) is 0 Å². The van der Waals surface area contributed by atoms with Crippen molar-refractivity contribution in [1.29, 1.82) is 5.26 Å². The van der Waals surface area contributed by atoms with Gasteiger partial charge in [-0.2, -0.15) is 5.26 Å². The number of rotatable bonds is 9. The van der Waals surface area contributed by atoms with Crippen LogP contribution in [-0.2, 0) is 24.2 Å². The summed E-state index contributed by atoms with van der Waals surface area (Å²) in [5.41, 5.74) is 7.68. The number of nitrogens with one attached hydrogen (secondary N) is 1. The van der Waals surface area contributed by atoms with Gasteiger partial charge in [-0.15, -0.1) is 0 Å². The standard InChI is InChI=1S/C38H38N4O4/c1-4-33(24(2)3)42-22-30-19-36-35(45-23-37(46-36)27-10-13-32(43)14-11-27)18-29(30)17-34(42)38(44)40-16-15-25-5-7-26(8-6-25)28-9-12-31(20-39)41-21-28/h5-14,18-19,21,33-34,37,43H,2,4,15-17,22-23H2,1,3H3,(H,40,44). The number of hydrogen-bond acceptors (Lipinski definition) is 7. The number of phenols is 1. The third-order valence-corrected chi connectivity index (χ3v) is 8.89. The molecule has 1 amide bonds. The smallest absolute Gasteiger partial charge is 0.237 e. The fraction of sp³-hybridized carbons (Fsp3) is 0.289. The normalized spacial score (nSPS) is 17.8. The molecule has 2 aliphatic rings. The van der Waals surface area contributed by atoms with Gasteiger partial charge in [-0.05, 0) is 90.4 Å². The second-order valence-corrected chi connectivity index (χ2v) is 12.0. The molecule has 0 saturated carbocycles. The van der Waals surface area contributed by atoms with Crippen molar-refractivity contribution < 1.29 is 19.4 Å². The minimum Gasteiger partial charge on any atom is -0.508 e. The predicted molar refractivity (Wildman–Crippen MR) is 176 cm³/mol. The van der Waals surface area contributed by atoms with Crippen molar-refractivity contribution in [3.8, 4) is 34.4 Å². The average molecular weight is 615 g/mol. The van der Waals surface area contributed by atoms with Gasteiger partial charge in [0.05, 0.1) is 6.04 Å². The summed E-state index contributed by atoms with van der Waals surface area (Å²) >= 11 is 0. The van der Waals surface area contributed by atoms with Gasteiger partial charge in [0, 0.05) is 30.9 Å². The molecular formula is C38H38N4O4. The molecule has 0 saturated heterocycles. The van der Waals surface area contributed by atoms with Gasteiger partial charge >= 0.3 is 0 Å². The van der Waals surface area contributed by atoms with Crippen molar-refractivity contribution in [2.24, 2.45) is 0 Å². The number of carbonyl (C=O) groups excluding carboxylic acids is 1. The molecule has 3 atom stereocenters. The van der Waals surface area contributed by atoms with Gasteiger partial charge in [0.1, 0.15) is 24.1 Å². The van der Waals surface area contributed by atoms with Crippen LogP contribution < -0.4 is 14.8 Å². The molecule has 46 heavy (non-hydrogen) atoms. The summed E-state index contributed by atoms with van der Waals surface area (Å²) in [6.45, 7) is 9.91. The van der Waals surface area contributed by atoms with E-state index in [9.17, 15) is 9.90 Å². The summed E-state index contributed by atoms with van der Waals surface area (Å²) in [5, 5.41) is 21.9. The summed E-state index contributed by atoms with van der Waals surface area (Å²) in [6.07, 6.45) is 3.56. The van der Waals surface area contributed by atoms with Crippen molar-refractivity contribution in [2.45, 2.75) is 57.8 Å². The molecule has 1 aromatic heterocycles. The van der Waals surface area contributed by atoms with E-state index in [-0.39, 0.29) is 29.8 Å². The summed E-state index contributed by atoms with van der Waals surface area (Å²) in [5.74, 6) is 1.60. The summed E-state index contributed by atoms with van der Waals surface area (Å²) in [6, 6.07) is 24.7. The zero-order valence-corrected chi connectivity index (χ0v) is 26.2. The number of nitriles is 1. The third-order valence-electron chi connectivity index (χ3n) is 8.89. The van der Waals surface area contributed by atoms with Gasteiger partial charge in [0.2, 0.25) is 5.91 Å². The Morgan fingerprint density at radius 3 is 2.50 bits per heavy atom. The Balaban J connectivity index is 1.14. The van der Waals surface area contributed by atoms with Crippen LogP contribution in [0, 0.1) is 11.3 Å². The first-order valence-electron chi connectivity index (χ1n) is 15.7. The third kappa shape index (κ3) is 6.60. The minimum absolute atomic E-state index is 0.00732. The Labute approximate surface area is 269 Å². The molecule has 3 unspecified atom stereocenters. The number of phenolic OH excluding ortho intramolecular Hbond substituents is 1. The van der Waals surface area contributed by atoms with Crippen LogP contribution in [0.15, 0.2) is 91.1 Å². The maximum absolute atomic E-state index is 13.8. The quantitative estimate of drug-likeness (QED) is 0.214. The van der Waals surface area contributed by atoms with E-state index in [1.807, 2.05) is 49.4 Å². The Morgan fingerprint density at radius 1 is 1.09 bits per heavy atom. The van der Waals surface area contributed by atoms with Gasteiger partial charge in [0.15, 0.2) is 17.6 Å². The number of aromatic nitrogens is 1. The highest BCUT2D eigenvalue weighted by Gasteiger charge is 2.37. The number of nitrogens with zero attached hydrogens (tertiary/aromatic N) is 3. The fourth-order valence-corrected chi connectivity index (χ4v) is 6.40. The number of hydrogen-bond donors (Lipinski definition) is 2. The molecule has 6 rings (SSSR count). The zero-order valence-electron chi connectivity index (χ0n) is 26.2. The molecule has 0 radical (unpaired) electrons. The number of fused-ring (bicyclic) bond motifs is 2. The van der Waals surface area contributed by atoms with Crippen molar-refractivity contribution in [1.82, 2.24) is 15.2 Å². The SMILES string of the molecule is C=C(C)C(CC)N1Cc2cc3c(cc2CC1C(=O)NCCc1ccc(-c2ccc(C#N)nc2)cc1)OCC(c1ccc(O)cc1)O3. The van der Waals surface area contributed by atoms with E-state index in [0.717, 1.165) is 45.4 Å². The molecule has 234 valence electrons. The number of pyridine rings is 1. The van der Waals surface area contributed by atoms with Crippen molar-refractivity contribution in [2.75, 3.05) is 13.2 Å². The number of amides is 1. The lowest BCUT2D eigenvalue weighted by atomic mass is 9.89. The topological polar surface area (TPSA) is 108 Å². The highest BCUT2D eigenvalue weighted by Crippen LogP contribution is 2.41. The van der Waals surface area contributed by atoms with Crippen LogP contribution in [0.4, 0.5) is 0 Å². The Kier molecular flexibility index (Phi) is 9.04. The maximum Gasteiger partial charge on any atom is 0.237 e. The van der Waals surface area contributed by atoms with Crippen molar-refractivity contribution in [3.05, 3.63) is 119 Å². The number of aromatic hydroxyl groups is 1. The Bertz CT molecular complexity index is 1760. The summed E-state index contributed by atoms with van der Waals surface area (Å²) < 4.78 is 12.5. The first kappa shape index (κ1) is 30.9. The molecule has 0 aliphatic carbocycles.